The van der Waals surface area contributed by atoms with Crippen molar-refractivity contribution in [3.8, 4) is 5.75 Å². The minimum atomic E-state index is -0.813. The van der Waals surface area contributed by atoms with Crippen molar-refractivity contribution in [3.05, 3.63) is 76.5 Å². The molecule has 0 radical (unpaired) electrons. The number of amides is 2. The molecule has 2 amide bonds. The zero-order chi connectivity index (χ0) is 25.5. The predicted molar refractivity (Wildman–Crippen MR) is 141 cm³/mol. The molecule has 9 heteroatoms. The van der Waals surface area contributed by atoms with E-state index in [-0.39, 0.29) is 18.4 Å². The second-order valence-corrected chi connectivity index (χ2v) is 10.0. The van der Waals surface area contributed by atoms with Crippen LogP contribution in [0.4, 0.5) is 0 Å². The first-order valence-electron chi connectivity index (χ1n) is 12.0. The standard InChI is InChI=1S/C27H31N5O3S/c1-19(2)14-15-28-27(34)26(20-10-12-21(35-3)13-11-20)31(17-22-7-6-16-36-22)25(33)18-32-24-9-5-4-8-23(24)29-30-32/h4-13,16,19,26H,14-15,17-18H2,1-3H3,(H,28,34). The summed E-state index contributed by atoms with van der Waals surface area (Å²) in [5.41, 5.74) is 2.20. The Morgan fingerprint density at radius 3 is 2.56 bits per heavy atom. The van der Waals surface area contributed by atoms with Gasteiger partial charge in [-0.25, -0.2) is 4.68 Å². The normalized spacial score (nSPS) is 12.0. The number of methoxy groups -OCH3 is 1. The zero-order valence-corrected chi connectivity index (χ0v) is 21.6. The van der Waals surface area contributed by atoms with Gasteiger partial charge in [-0.05, 0) is 53.6 Å². The van der Waals surface area contributed by atoms with Crippen molar-refractivity contribution in [1.29, 1.82) is 0 Å². The minimum absolute atomic E-state index is 0.0299. The van der Waals surface area contributed by atoms with E-state index in [1.54, 1.807) is 28.0 Å². The number of aromatic nitrogens is 3. The Morgan fingerprint density at radius 1 is 1.08 bits per heavy atom. The molecule has 2 aromatic heterocycles. The Balaban J connectivity index is 1.69. The summed E-state index contributed by atoms with van der Waals surface area (Å²) in [5, 5.41) is 13.4. The highest BCUT2D eigenvalue weighted by Crippen LogP contribution is 2.27. The van der Waals surface area contributed by atoms with Gasteiger partial charge in [-0.2, -0.15) is 0 Å². The first-order chi connectivity index (χ1) is 17.5. The van der Waals surface area contributed by atoms with E-state index < -0.39 is 6.04 Å². The van der Waals surface area contributed by atoms with Crippen LogP contribution in [0.15, 0.2) is 66.0 Å². The third kappa shape index (κ3) is 6.09. The summed E-state index contributed by atoms with van der Waals surface area (Å²) in [7, 11) is 1.60. The third-order valence-corrected chi connectivity index (χ3v) is 6.81. The van der Waals surface area contributed by atoms with Crippen LogP contribution in [0, 0.1) is 5.92 Å². The molecule has 0 saturated carbocycles. The van der Waals surface area contributed by atoms with E-state index in [0.29, 0.717) is 35.8 Å². The average molecular weight is 506 g/mol. The van der Waals surface area contributed by atoms with E-state index in [1.165, 1.54) is 0 Å². The van der Waals surface area contributed by atoms with Gasteiger partial charge in [-0.1, -0.05) is 49.4 Å². The number of fused-ring (bicyclic) bond motifs is 1. The van der Waals surface area contributed by atoms with Gasteiger partial charge < -0.3 is 15.0 Å². The highest BCUT2D eigenvalue weighted by Gasteiger charge is 2.32. The Morgan fingerprint density at radius 2 is 1.86 bits per heavy atom. The highest BCUT2D eigenvalue weighted by atomic mass is 32.1. The van der Waals surface area contributed by atoms with Crippen molar-refractivity contribution in [2.24, 2.45) is 5.92 Å². The first kappa shape index (κ1) is 25.4. The van der Waals surface area contributed by atoms with Crippen LogP contribution in [0.25, 0.3) is 11.0 Å². The molecule has 188 valence electrons. The molecular weight excluding hydrogens is 474 g/mol. The zero-order valence-electron chi connectivity index (χ0n) is 20.8. The Hall–Kier alpha value is -3.72. The summed E-state index contributed by atoms with van der Waals surface area (Å²) in [6, 6.07) is 17.9. The van der Waals surface area contributed by atoms with Crippen molar-refractivity contribution in [2.75, 3.05) is 13.7 Å². The van der Waals surface area contributed by atoms with Gasteiger partial charge in [0.15, 0.2) is 0 Å². The van der Waals surface area contributed by atoms with Crippen LogP contribution in [0.5, 0.6) is 5.75 Å². The van der Waals surface area contributed by atoms with Gasteiger partial charge in [0, 0.05) is 11.4 Å². The molecule has 0 bridgehead atoms. The molecule has 2 aromatic carbocycles. The summed E-state index contributed by atoms with van der Waals surface area (Å²) < 4.78 is 6.89. The van der Waals surface area contributed by atoms with E-state index in [4.69, 9.17) is 4.74 Å². The molecule has 36 heavy (non-hydrogen) atoms. The maximum atomic E-state index is 13.8. The predicted octanol–water partition coefficient (Wildman–Crippen LogP) is 4.43. The molecule has 4 rings (SSSR count). The number of carbonyl (C=O) groups excluding carboxylic acids is 2. The van der Waals surface area contributed by atoms with Gasteiger partial charge >= 0.3 is 0 Å². The van der Waals surface area contributed by atoms with Gasteiger partial charge in [0.2, 0.25) is 11.8 Å². The number of hydrogen-bond donors (Lipinski definition) is 1. The number of nitrogens with one attached hydrogen (secondary N) is 1. The van der Waals surface area contributed by atoms with Crippen molar-refractivity contribution in [2.45, 2.75) is 39.4 Å². The second kappa shape index (κ2) is 11.8. The van der Waals surface area contributed by atoms with Gasteiger partial charge in [0.1, 0.15) is 23.9 Å². The molecule has 2 heterocycles. The summed E-state index contributed by atoms with van der Waals surface area (Å²) in [6.07, 6.45) is 0.852. The van der Waals surface area contributed by atoms with Crippen LogP contribution < -0.4 is 10.1 Å². The van der Waals surface area contributed by atoms with E-state index >= 15 is 0 Å². The lowest BCUT2D eigenvalue weighted by Gasteiger charge is -2.31. The number of thiophene rings is 1. The molecule has 4 aromatic rings. The molecular formula is C27H31N5O3S. The number of hydrogen-bond acceptors (Lipinski definition) is 6. The van der Waals surface area contributed by atoms with E-state index in [1.807, 2.05) is 66.0 Å². The molecule has 8 nitrogen and oxygen atoms in total. The van der Waals surface area contributed by atoms with Gasteiger partial charge in [0.25, 0.3) is 0 Å². The number of ether oxygens (including phenoxy) is 1. The summed E-state index contributed by atoms with van der Waals surface area (Å²) in [5.74, 6) is 0.699. The fourth-order valence-electron chi connectivity index (χ4n) is 3.99. The lowest BCUT2D eigenvalue weighted by Crippen LogP contribution is -2.44. The van der Waals surface area contributed by atoms with Crippen LogP contribution in [0.2, 0.25) is 0 Å². The lowest BCUT2D eigenvalue weighted by molar-refractivity contribution is -0.142. The average Bonchev–Trinajstić information content (AvgIpc) is 3.54. The molecule has 0 aliphatic heterocycles. The summed E-state index contributed by atoms with van der Waals surface area (Å²) in [4.78, 5) is 30.1. The van der Waals surface area contributed by atoms with E-state index in [9.17, 15) is 9.59 Å². The maximum absolute atomic E-state index is 13.8. The molecule has 0 aliphatic rings. The van der Waals surface area contributed by atoms with Crippen molar-refractivity contribution in [3.63, 3.8) is 0 Å². The van der Waals surface area contributed by atoms with Crippen molar-refractivity contribution in [1.82, 2.24) is 25.2 Å². The van der Waals surface area contributed by atoms with Crippen LogP contribution in [-0.4, -0.2) is 45.4 Å². The van der Waals surface area contributed by atoms with Gasteiger partial charge in [0.05, 0.1) is 19.2 Å². The van der Waals surface area contributed by atoms with Crippen LogP contribution in [0.1, 0.15) is 36.8 Å². The largest absolute Gasteiger partial charge is 0.497 e. The van der Waals surface area contributed by atoms with E-state index in [0.717, 1.165) is 16.8 Å². The lowest BCUT2D eigenvalue weighted by atomic mass is 10.0. The molecule has 1 N–H and O–H groups in total. The van der Waals surface area contributed by atoms with Gasteiger partial charge in [-0.15, -0.1) is 16.4 Å². The fourth-order valence-corrected chi connectivity index (χ4v) is 4.69. The van der Waals surface area contributed by atoms with Crippen molar-refractivity contribution < 1.29 is 14.3 Å². The molecule has 0 fully saturated rings. The van der Waals surface area contributed by atoms with Crippen LogP contribution in [0.3, 0.4) is 0 Å². The number of para-hydroxylation sites is 1. The molecule has 0 spiro atoms. The summed E-state index contributed by atoms with van der Waals surface area (Å²) in [6.45, 7) is 5.04. The topological polar surface area (TPSA) is 89.4 Å². The third-order valence-electron chi connectivity index (χ3n) is 5.94. The van der Waals surface area contributed by atoms with Crippen molar-refractivity contribution >= 4 is 34.2 Å². The van der Waals surface area contributed by atoms with Gasteiger partial charge in [-0.3, -0.25) is 9.59 Å². The monoisotopic (exact) mass is 505 g/mol. The molecule has 0 saturated heterocycles. The Labute approximate surface area is 214 Å². The number of carbonyl (C=O) groups is 2. The Kier molecular flexibility index (Phi) is 8.32. The number of benzene rings is 2. The SMILES string of the molecule is COc1ccc(C(C(=O)NCCC(C)C)N(Cc2cccs2)C(=O)Cn2nnc3ccccc32)cc1. The minimum Gasteiger partial charge on any atom is -0.497 e. The Bertz CT molecular complexity index is 1280. The number of rotatable bonds is 11. The number of nitrogens with zero attached hydrogens (tertiary/aromatic N) is 4. The molecule has 0 aliphatic carbocycles. The highest BCUT2D eigenvalue weighted by molar-refractivity contribution is 7.09. The molecule has 1 atom stereocenters. The smallest absolute Gasteiger partial charge is 0.247 e. The second-order valence-electron chi connectivity index (χ2n) is 8.99. The summed E-state index contributed by atoms with van der Waals surface area (Å²) >= 11 is 1.55. The fraction of sp³-hybridized carbons (Fsp3) is 0.333. The molecule has 1 unspecified atom stereocenters. The van der Waals surface area contributed by atoms with Crippen LogP contribution >= 0.6 is 11.3 Å². The maximum Gasteiger partial charge on any atom is 0.247 e. The van der Waals surface area contributed by atoms with E-state index in [2.05, 4.69) is 29.5 Å². The quantitative estimate of drug-likeness (QED) is 0.326. The van der Waals surface area contributed by atoms with Crippen LogP contribution in [-0.2, 0) is 22.7 Å². The first-order valence-corrected chi connectivity index (χ1v) is 12.9.